The molecule has 0 atom stereocenters. The van der Waals surface area contributed by atoms with E-state index in [1.807, 2.05) is 0 Å². The molecule has 0 spiro atoms. The number of carbonyl (C=O) groups excluding carboxylic acids is 1. The summed E-state index contributed by atoms with van der Waals surface area (Å²) in [4.78, 5) is 11.4. The molecular formula is C11H13NO2. The highest BCUT2D eigenvalue weighted by atomic mass is 16.5. The molecule has 0 aliphatic rings. The van der Waals surface area contributed by atoms with Gasteiger partial charge in [-0.05, 0) is 36.8 Å². The Kier molecular flexibility index (Phi) is 3.29. The second kappa shape index (κ2) is 4.46. The number of rotatable bonds is 3. The molecule has 0 amide bonds. The number of nitrogen functional groups attached to an aromatic ring is 1. The monoisotopic (exact) mass is 191 g/mol. The van der Waals surface area contributed by atoms with Gasteiger partial charge in [0.1, 0.15) is 6.61 Å². The minimum Gasteiger partial charge on any atom is -0.458 e. The number of benzene rings is 1. The van der Waals surface area contributed by atoms with E-state index < -0.39 is 0 Å². The van der Waals surface area contributed by atoms with E-state index in [9.17, 15) is 4.79 Å². The van der Waals surface area contributed by atoms with E-state index in [1.54, 1.807) is 31.2 Å². The van der Waals surface area contributed by atoms with Gasteiger partial charge in [-0.15, -0.1) is 0 Å². The zero-order chi connectivity index (χ0) is 10.6. The Hall–Kier alpha value is -1.77. The Labute approximate surface area is 83.2 Å². The first-order chi connectivity index (χ1) is 6.59. The highest BCUT2D eigenvalue weighted by Crippen LogP contribution is 2.07. The molecule has 74 valence electrons. The Bertz CT molecular complexity index is 341. The van der Waals surface area contributed by atoms with Crippen LogP contribution in [0, 0.1) is 0 Å². The third kappa shape index (κ3) is 2.94. The lowest BCUT2D eigenvalue weighted by Gasteiger charge is -2.03. The van der Waals surface area contributed by atoms with Crippen molar-refractivity contribution >= 4 is 11.7 Å². The Morgan fingerprint density at radius 3 is 2.50 bits per heavy atom. The molecule has 0 fully saturated rings. The lowest BCUT2D eigenvalue weighted by Crippen LogP contribution is -2.06. The molecule has 0 bridgehead atoms. The van der Waals surface area contributed by atoms with Crippen molar-refractivity contribution in [1.82, 2.24) is 0 Å². The third-order valence-electron chi connectivity index (χ3n) is 1.60. The fourth-order valence-electron chi connectivity index (χ4n) is 0.891. The van der Waals surface area contributed by atoms with E-state index in [0.717, 1.165) is 5.57 Å². The van der Waals surface area contributed by atoms with Crippen LogP contribution in [0.5, 0.6) is 0 Å². The maximum atomic E-state index is 11.4. The first kappa shape index (κ1) is 10.3. The average Bonchev–Trinajstić information content (AvgIpc) is 2.15. The summed E-state index contributed by atoms with van der Waals surface area (Å²) in [5.41, 5.74) is 7.42. The van der Waals surface area contributed by atoms with Gasteiger partial charge in [0.25, 0.3) is 0 Å². The number of anilines is 1. The van der Waals surface area contributed by atoms with Gasteiger partial charge in [0.2, 0.25) is 0 Å². The van der Waals surface area contributed by atoms with Crippen molar-refractivity contribution in [3.05, 3.63) is 42.0 Å². The molecule has 14 heavy (non-hydrogen) atoms. The quantitative estimate of drug-likeness (QED) is 0.451. The van der Waals surface area contributed by atoms with Gasteiger partial charge >= 0.3 is 5.97 Å². The molecular weight excluding hydrogens is 178 g/mol. The fourth-order valence-corrected chi connectivity index (χ4v) is 0.891. The van der Waals surface area contributed by atoms with Gasteiger partial charge in [-0.2, -0.15) is 0 Å². The van der Waals surface area contributed by atoms with Crippen LogP contribution in [-0.4, -0.2) is 12.6 Å². The molecule has 0 heterocycles. The molecule has 2 N–H and O–H groups in total. The molecule has 0 aromatic heterocycles. The number of ether oxygens (including phenoxy) is 1. The van der Waals surface area contributed by atoms with Crippen molar-refractivity contribution in [3.8, 4) is 0 Å². The van der Waals surface area contributed by atoms with Gasteiger partial charge in [-0.25, -0.2) is 4.79 Å². The van der Waals surface area contributed by atoms with E-state index in [4.69, 9.17) is 10.5 Å². The number of nitrogens with two attached hydrogens (primary N) is 1. The summed E-state index contributed by atoms with van der Waals surface area (Å²) in [5, 5.41) is 0. The maximum absolute atomic E-state index is 11.4. The van der Waals surface area contributed by atoms with E-state index in [2.05, 4.69) is 6.58 Å². The number of hydrogen-bond donors (Lipinski definition) is 1. The zero-order valence-corrected chi connectivity index (χ0v) is 8.12. The third-order valence-corrected chi connectivity index (χ3v) is 1.60. The lowest BCUT2D eigenvalue weighted by molar-refractivity contribution is 0.0540. The molecule has 0 saturated carbocycles. The molecule has 3 nitrogen and oxygen atoms in total. The van der Waals surface area contributed by atoms with Crippen molar-refractivity contribution in [1.29, 1.82) is 0 Å². The fraction of sp³-hybridized carbons (Fsp3) is 0.182. The second-order valence-corrected chi connectivity index (χ2v) is 3.16. The summed E-state index contributed by atoms with van der Waals surface area (Å²) in [5.74, 6) is -0.354. The molecule has 0 aliphatic carbocycles. The van der Waals surface area contributed by atoms with Crippen molar-refractivity contribution < 1.29 is 9.53 Å². The molecule has 3 heteroatoms. The Morgan fingerprint density at radius 1 is 1.43 bits per heavy atom. The largest absolute Gasteiger partial charge is 0.458 e. The molecule has 0 radical (unpaired) electrons. The van der Waals surface area contributed by atoms with Gasteiger partial charge in [0, 0.05) is 5.69 Å². The van der Waals surface area contributed by atoms with Crippen LogP contribution in [-0.2, 0) is 4.74 Å². The summed E-state index contributed by atoms with van der Waals surface area (Å²) in [6.07, 6.45) is 0. The second-order valence-electron chi connectivity index (χ2n) is 3.16. The smallest absolute Gasteiger partial charge is 0.338 e. The number of carbonyl (C=O) groups is 1. The highest BCUT2D eigenvalue weighted by Gasteiger charge is 2.05. The van der Waals surface area contributed by atoms with E-state index in [-0.39, 0.29) is 12.6 Å². The van der Waals surface area contributed by atoms with Crippen LogP contribution in [0.3, 0.4) is 0 Å². The van der Waals surface area contributed by atoms with Crippen LogP contribution in [0.1, 0.15) is 17.3 Å². The normalized spacial score (nSPS) is 9.50. The molecule has 0 saturated heterocycles. The summed E-state index contributed by atoms with van der Waals surface area (Å²) in [6, 6.07) is 6.60. The molecule has 0 unspecified atom stereocenters. The van der Waals surface area contributed by atoms with Crippen LogP contribution in [0.4, 0.5) is 5.69 Å². The summed E-state index contributed by atoms with van der Waals surface area (Å²) in [6.45, 7) is 5.69. The molecule has 1 aromatic carbocycles. The maximum Gasteiger partial charge on any atom is 0.338 e. The van der Waals surface area contributed by atoms with Gasteiger partial charge in [0.15, 0.2) is 0 Å². The van der Waals surface area contributed by atoms with Crippen molar-refractivity contribution in [3.63, 3.8) is 0 Å². The first-order valence-corrected chi connectivity index (χ1v) is 4.26. The van der Waals surface area contributed by atoms with Crippen LogP contribution in [0.25, 0.3) is 0 Å². The Balaban J connectivity index is 2.61. The Morgan fingerprint density at radius 2 is 2.00 bits per heavy atom. The molecule has 0 aliphatic heterocycles. The summed E-state index contributed by atoms with van der Waals surface area (Å²) < 4.78 is 4.95. The minimum atomic E-state index is -0.354. The molecule has 1 rings (SSSR count). The van der Waals surface area contributed by atoms with E-state index in [1.165, 1.54) is 0 Å². The van der Waals surface area contributed by atoms with Crippen LogP contribution >= 0.6 is 0 Å². The predicted octanol–water partition coefficient (Wildman–Crippen LogP) is 2.00. The highest BCUT2D eigenvalue weighted by molar-refractivity contribution is 5.89. The molecule has 1 aromatic rings. The lowest BCUT2D eigenvalue weighted by atomic mass is 10.2. The van der Waals surface area contributed by atoms with E-state index in [0.29, 0.717) is 11.3 Å². The van der Waals surface area contributed by atoms with Crippen molar-refractivity contribution in [2.75, 3.05) is 12.3 Å². The first-order valence-electron chi connectivity index (χ1n) is 4.26. The number of esters is 1. The summed E-state index contributed by atoms with van der Waals surface area (Å²) in [7, 11) is 0. The summed E-state index contributed by atoms with van der Waals surface area (Å²) >= 11 is 0. The van der Waals surface area contributed by atoms with Gasteiger partial charge in [-0.1, -0.05) is 6.58 Å². The number of hydrogen-bond acceptors (Lipinski definition) is 3. The average molecular weight is 191 g/mol. The topological polar surface area (TPSA) is 52.3 Å². The van der Waals surface area contributed by atoms with E-state index >= 15 is 0 Å². The zero-order valence-electron chi connectivity index (χ0n) is 8.12. The minimum absolute atomic E-state index is 0.253. The van der Waals surface area contributed by atoms with Gasteiger partial charge < -0.3 is 10.5 Å². The standard InChI is InChI=1S/C11H13NO2/c1-8(2)7-14-11(13)9-3-5-10(12)6-4-9/h3-6H,1,7,12H2,2H3. The van der Waals surface area contributed by atoms with Crippen molar-refractivity contribution in [2.45, 2.75) is 6.92 Å². The van der Waals surface area contributed by atoms with Crippen molar-refractivity contribution in [2.24, 2.45) is 0 Å². The predicted molar refractivity (Wildman–Crippen MR) is 56.0 cm³/mol. The van der Waals surface area contributed by atoms with Gasteiger partial charge in [0.05, 0.1) is 5.56 Å². The van der Waals surface area contributed by atoms with Gasteiger partial charge in [-0.3, -0.25) is 0 Å². The van der Waals surface area contributed by atoms with Crippen LogP contribution < -0.4 is 5.73 Å². The SMILES string of the molecule is C=C(C)COC(=O)c1ccc(N)cc1. The van der Waals surface area contributed by atoms with Crippen LogP contribution in [0.15, 0.2) is 36.4 Å². The van der Waals surface area contributed by atoms with Crippen LogP contribution in [0.2, 0.25) is 0 Å².